The zero-order valence-corrected chi connectivity index (χ0v) is 18.6. The number of nitrogens with one attached hydrogen (secondary N) is 3. The number of hydrogen-bond donors (Lipinski definition) is 5. The Kier molecular flexibility index (Phi) is 7.48. The number of amidine groups is 1. The maximum absolute atomic E-state index is 13.3. The highest BCUT2D eigenvalue weighted by Crippen LogP contribution is 2.36. The van der Waals surface area contributed by atoms with Gasteiger partial charge in [0, 0.05) is 23.1 Å². The number of rotatable bonds is 9. The lowest BCUT2D eigenvalue weighted by atomic mass is 9.82. The Morgan fingerprint density at radius 2 is 1.64 bits per heavy atom. The van der Waals surface area contributed by atoms with Gasteiger partial charge in [-0.15, -0.1) is 0 Å². The summed E-state index contributed by atoms with van der Waals surface area (Å²) in [6, 6.07) is 15.7. The molecule has 33 heavy (non-hydrogen) atoms. The van der Waals surface area contributed by atoms with Crippen LogP contribution in [0.15, 0.2) is 54.6 Å². The van der Waals surface area contributed by atoms with Crippen molar-refractivity contribution < 1.29 is 19.5 Å². The summed E-state index contributed by atoms with van der Waals surface area (Å²) in [5, 5.41) is 22.9. The molecule has 0 spiro atoms. The molecular weight excluding hydrogens is 420 g/mol. The van der Waals surface area contributed by atoms with E-state index in [-0.39, 0.29) is 24.1 Å². The van der Waals surface area contributed by atoms with Crippen molar-refractivity contribution in [3.63, 3.8) is 0 Å². The molecule has 1 fully saturated rings. The Bertz CT molecular complexity index is 1020. The number of nitrogens with two attached hydrogens (primary N) is 1. The molecule has 3 unspecified atom stereocenters. The van der Waals surface area contributed by atoms with E-state index in [4.69, 9.17) is 11.1 Å². The number of aliphatic carboxylic acids is 1. The van der Waals surface area contributed by atoms with Crippen molar-refractivity contribution in [3.8, 4) is 0 Å². The zero-order valence-electron chi connectivity index (χ0n) is 18.6. The van der Waals surface area contributed by atoms with E-state index >= 15 is 0 Å². The predicted octanol–water partition coefficient (Wildman–Crippen LogP) is 3.22. The van der Waals surface area contributed by atoms with Crippen LogP contribution in [0.5, 0.6) is 0 Å². The van der Waals surface area contributed by atoms with Crippen molar-refractivity contribution in [2.75, 3.05) is 5.32 Å². The topological polar surface area (TPSA) is 145 Å². The highest BCUT2D eigenvalue weighted by molar-refractivity contribution is 5.98. The molecule has 1 saturated carbocycles. The normalized spacial score (nSPS) is 19.3. The Balaban J connectivity index is 1.76. The quantitative estimate of drug-likeness (QED) is 0.294. The molecule has 174 valence electrons. The van der Waals surface area contributed by atoms with E-state index in [1.54, 1.807) is 24.3 Å². The van der Waals surface area contributed by atoms with Gasteiger partial charge in [0.25, 0.3) is 0 Å². The first-order chi connectivity index (χ1) is 15.8. The second-order valence-electron chi connectivity index (χ2n) is 8.49. The second-order valence-corrected chi connectivity index (χ2v) is 8.49. The van der Waals surface area contributed by atoms with Crippen LogP contribution in [0, 0.1) is 17.2 Å². The predicted molar refractivity (Wildman–Crippen MR) is 126 cm³/mol. The first kappa shape index (κ1) is 24.0. The number of carboxylic acids is 1. The number of benzene rings is 2. The Hall–Kier alpha value is -3.68. The average Bonchev–Trinajstić information content (AvgIpc) is 3.29. The number of nitrogen functional groups attached to an aromatic ring is 1. The van der Waals surface area contributed by atoms with Crippen LogP contribution in [-0.2, 0) is 19.9 Å². The monoisotopic (exact) mass is 450 g/mol. The van der Waals surface area contributed by atoms with E-state index < -0.39 is 23.3 Å². The number of anilines is 1. The number of carboxylic acid groups (broad SMARTS) is 1. The molecule has 8 heteroatoms. The molecular formula is C25H30N4O4. The van der Waals surface area contributed by atoms with Crippen molar-refractivity contribution in [2.24, 2.45) is 17.6 Å². The molecule has 3 atom stereocenters. The average molecular weight is 451 g/mol. The largest absolute Gasteiger partial charge is 0.481 e. The molecule has 2 amide bonds. The van der Waals surface area contributed by atoms with Crippen LogP contribution in [0.2, 0.25) is 0 Å². The van der Waals surface area contributed by atoms with E-state index in [1.807, 2.05) is 37.3 Å². The summed E-state index contributed by atoms with van der Waals surface area (Å²) in [7, 11) is 0. The number of amides is 2. The van der Waals surface area contributed by atoms with Gasteiger partial charge in [-0.1, -0.05) is 43.7 Å². The van der Waals surface area contributed by atoms with E-state index in [1.165, 1.54) is 0 Å². The molecule has 3 rings (SSSR count). The van der Waals surface area contributed by atoms with Crippen LogP contribution in [0.3, 0.4) is 0 Å². The number of hydrogen-bond acceptors (Lipinski definition) is 4. The van der Waals surface area contributed by atoms with E-state index in [2.05, 4.69) is 10.6 Å². The summed E-state index contributed by atoms with van der Waals surface area (Å²) >= 11 is 0. The minimum absolute atomic E-state index is 0.0559. The molecule has 0 radical (unpaired) electrons. The van der Waals surface area contributed by atoms with E-state index in [9.17, 15) is 19.5 Å². The fourth-order valence-electron chi connectivity index (χ4n) is 4.54. The van der Waals surface area contributed by atoms with Gasteiger partial charge in [0.2, 0.25) is 11.8 Å². The molecule has 8 nitrogen and oxygen atoms in total. The molecule has 1 aliphatic carbocycles. The molecule has 2 aromatic rings. The van der Waals surface area contributed by atoms with E-state index in [0.717, 1.165) is 12.0 Å². The van der Waals surface area contributed by atoms with Gasteiger partial charge in [-0.2, -0.15) is 0 Å². The van der Waals surface area contributed by atoms with Crippen molar-refractivity contribution in [3.05, 3.63) is 65.7 Å². The first-order valence-corrected chi connectivity index (χ1v) is 11.1. The summed E-state index contributed by atoms with van der Waals surface area (Å²) in [6.07, 6.45) is 2.04. The number of carbonyl (C=O) groups excluding carboxylic acids is 2. The SMILES string of the molecule is CCC(CC(=O)O)(NC(=O)C1CCCC1C(=O)Nc1ccc(C(=N)N)cc1)c1ccccc1. The van der Waals surface area contributed by atoms with E-state index in [0.29, 0.717) is 30.5 Å². The fraction of sp³-hybridized carbons (Fsp3) is 0.360. The van der Waals surface area contributed by atoms with Gasteiger partial charge in [0.05, 0.1) is 12.0 Å². The molecule has 0 saturated heterocycles. The Morgan fingerprint density at radius 1 is 1.03 bits per heavy atom. The summed E-state index contributed by atoms with van der Waals surface area (Å²) in [6.45, 7) is 1.85. The van der Waals surface area contributed by atoms with Crippen LogP contribution in [0.25, 0.3) is 0 Å². The molecule has 1 aliphatic rings. The van der Waals surface area contributed by atoms with Gasteiger partial charge < -0.3 is 21.5 Å². The van der Waals surface area contributed by atoms with Crippen molar-refractivity contribution >= 4 is 29.3 Å². The minimum Gasteiger partial charge on any atom is -0.481 e. The van der Waals surface area contributed by atoms with Gasteiger partial charge in [-0.3, -0.25) is 19.8 Å². The van der Waals surface area contributed by atoms with Crippen LogP contribution in [0.1, 0.15) is 50.2 Å². The minimum atomic E-state index is -1.05. The highest BCUT2D eigenvalue weighted by Gasteiger charge is 2.42. The first-order valence-electron chi connectivity index (χ1n) is 11.1. The van der Waals surface area contributed by atoms with Gasteiger partial charge in [0.1, 0.15) is 5.84 Å². The Morgan fingerprint density at radius 3 is 2.18 bits per heavy atom. The summed E-state index contributed by atoms with van der Waals surface area (Å²) in [5.74, 6) is -2.65. The molecule has 0 aromatic heterocycles. The third kappa shape index (κ3) is 5.58. The summed E-state index contributed by atoms with van der Waals surface area (Å²) in [4.78, 5) is 38.0. The van der Waals surface area contributed by atoms with Crippen molar-refractivity contribution in [1.82, 2.24) is 5.32 Å². The Labute approximate surface area is 193 Å². The lowest BCUT2D eigenvalue weighted by Gasteiger charge is -2.35. The van der Waals surface area contributed by atoms with Crippen molar-refractivity contribution in [2.45, 2.75) is 44.6 Å². The van der Waals surface area contributed by atoms with Crippen LogP contribution < -0.4 is 16.4 Å². The maximum Gasteiger partial charge on any atom is 0.306 e. The van der Waals surface area contributed by atoms with Gasteiger partial charge in [-0.25, -0.2) is 0 Å². The third-order valence-corrected chi connectivity index (χ3v) is 6.40. The molecule has 0 aliphatic heterocycles. The molecule has 0 heterocycles. The van der Waals surface area contributed by atoms with Crippen LogP contribution in [0.4, 0.5) is 5.69 Å². The summed E-state index contributed by atoms with van der Waals surface area (Å²) < 4.78 is 0. The lowest BCUT2D eigenvalue weighted by molar-refractivity contribution is -0.140. The lowest BCUT2D eigenvalue weighted by Crippen LogP contribution is -2.50. The van der Waals surface area contributed by atoms with Crippen LogP contribution >= 0.6 is 0 Å². The highest BCUT2D eigenvalue weighted by atomic mass is 16.4. The molecule has 6 N–H and O–H groups in total. The maximum atomic E-state index is 13.3. The molecule has 2 aromatic carbocycles. The van der Waals surface area contributed by atoms with Gasteiger partial charge >= 0.3 is 5.97 Å². The smallest absolute Gasteiger partial charge is 0.306 e. The second kappa shape index (κ2) is 10.3. The fourth-order valence-corrected chi connectivity index (χ4v) is 4.54. The van der Waals surface area contributed by atoms with Gasteiger partial charge in [-0.05, 0) is 49.1 Å². The molecule has 0 bridgehead atoms. The van der Waals surface area contributed by atoms with Gasteiger partial charge in [0.15, 0.2) is 0 Å². The summed E-state index contributed by atoms with van der Waals surface area (Å²) in [5.41, 5.74) is 6.27. The third-order valence-electron chi connectivity index (χ3n) is 6.40. The van der Waals surface area contributed by atoms with Crippen LogP contribution in [-0.4, -0.2) is 28.7 Å². The number of carbonyl (C=O) groups is 3. The zero-order chi connectivity index (χ0) is 24.0. The van der Waals surface area contributed by atoms with Crippen molar-refractivity contribution in [1.29, 1.82) is 5.41 Å². The standard InChI is InChI=1S/C25H30N4O4/c1-2-25(15-21(30)31,17-7-4-3-5-8-17)29-24(33)20-10-6-9-19(20)23(32)28-18-13-11-16(12-14-18)22(26)27/h3-5,7-8,11-14,19-20H,2,6,9-10,15H2,1H3,(H3,26,27)(H,28,32)(H,29,33)(H,30,31).